The van der Waals surface area contributed by atoms with Crippen molar-refractivity contribution in [1.29, 1.82) is 0 Å². The summed E-state index contributed by atoms with van der Waals surface area (Å²) in [6, 6.07) is 0. The molecule has 4 heteroatoms. The molecule has 0 bridgehead atoms. The molecule has 4 nitrogen and oxygen atoms in total. The van der Waals surface area contributed by atoms with Crippen LogP contribution in [0.5, 0.6) is 0 Å². The molecule has 0 heterocycles. The minimum Gasteiger partial charge on any atom is -0.390 e. The Hall–Kier alpha value is -0.710. The number of hydrogen-bond donors (Lipinski definition) is 3. The van der Waals surface area contributed by atoms with Crippen molar-refractivity contribution in [1.82, 2.24) is 0 Å². The number of hydrogen-bond acceptors (Lipinski definition) is 4. The van der Waals surface area contributed by atoms with Gasteiger partial charge in [0.2, 0.25) is 0 Å². The highest BCUT2D eigenvalue weighted by Crippen LogP contribution is 2.53. The molecule has 1 saturated carbocycles. The fraction of sp³-hybridized carbons (Fsp3) is 0.800. The van der Waals surface area contributed by atoms with Crippen LogP contribution in [0.3, 0.4) is 0 Å². The molecule has 2 rings (SSSR count). The third-order valence-electron chi connectivity index (χ3n) is 4.90. The average Bonchev–Trinajstić information content (AvgIpc) is 2.21. The second kappa shape index (κ2) is 4.14. The Balaban J connectivity index is 2.51. The van der Waals surface area contributed by atoms with E-state index in [1.54, 1.807) is 26.8 Å². The summed E-state index contributed by atoms with van der Waals surface area (Å²) in [5.41, 5.74) is -2.46. The van der Waals surface area contributed by atoms with Gasteiger partial charge >= 0.3 is 0 Å². The number of Topliss-reactive ketones (excluding diaryl/α,β-unsaturated/α-hetero) is 1. The van der Waals surface area contributed by atoms with Crippen LogP contribution >= 0.6 is 0 Å². The highest BCUT2D eigenvalue weighted by Gasteiger charge is 2.55. The van der Waals surface area contributed by atoms with Crippen LogP contribution in [-0.2, 0) is 4.79 Å². The van der Waals surface area contributed by atoms with Crippen molar-refractivity contribution in [2.45, 2.75) is 64.3 Å². The first kappa shape index (κ1) is 14.7. The van der Waals surface area contributed by atoms with E-state index in [9.17, 15) is 20.1 Å². The minimum absolute atomic E-state index is 0.0570. The van der Waals surface area contributed by atoms with E-state index in [0.717, 1.165) is 0 Å². The monoisotopic (exact) mass is 268 g/mol. The molecule has 0 amide bonds. The zero-order chi connectivity index (χ0) is 14.6. The average molecular weight is 268 g/mol. The summed E-state index contributed by atoms with van der Waals surface area (Å²) in [5, 5.41) is 30.7. The summed E-state index contributed by atoms with van der Waals surface area (Å²) >= 11 is 0. The van der Waals surface area contributed by atoms with Crippen LogP contribution in [0.4, 0.5) is 0 Å². The summed E-state index contributed by atoms with van der Waals surface area (Å²) in [6.45, 7) is 6.75. The molecular weight excluding hydrogens is 244 g/mol. The lowest BCUT2D eigenvalue weighted by atomic mass is 9.54. The number of aliphatic hydroxyl groups is 3. The Bertz CT molecular complexity index is 430. The molecule has 2 aliphatic rings. The van der Waals surface area contributed by atoms with Crippen LogP contribution in [0, 0.1) is 11.3 Å². The third-order valence-corrected chi connectivity index (χ3v) is 4.90. The Morgan fingerprint density at radius 3 is 2.47 bits per heavy atom. The van der Waals surface area contributed by atoms with Gasteiger partial charge < -0.3 is 15.3 Å². The van der Waals surface area contributed by atoms with Gasteiger partial charge in [0, 0.05) is 17.9 Å². The van der Waals surface area contributed by atoms with E-state index in [4.69, 9.17) is 0 Å². The number of fused-ring (bicyclic) bond motifs is 1. The Labute approximate surface area is 114 Å². The van der Waals surface area contributed by atoms with Gasteiger partial charge in [-0.3, -0.25) is 4.79 Å². The SMILES string of the molecule is CC(C)(O)C1=C[C@H]2[C@@](C)(CC[C@H](O)[C@]2(C)O)CC1=O. The third kappa shape index (κ3) is 2.26. The second-order valence-electron chi connectivity index (χ2n) is 7.15. The van der Waals surface area contributed by atoms with Gasteiger partial charge in [0.15, 0.2) is 5.78 Å². The predicted octanol–water partition coefficient (Wildman–Crippen LogP) is 1.18. The molecule has 0 aromatic rings. The number of aliphatic hydroxyl groups excluding tert-OH is 1. The van der Waals surface area contributed by atoms with Gasteiger partial charge in [-0.1, -0.05) is 13.0 Å². The lowest BCUT2D eigenvalue weighted by molar-refractivity contribution is -0.160. The van der Waals surface area contributed by atoms with Gasteiger partial charge in [0.05, 0.1) is 17.3 Å². The molecule has 0 saturated heterocycles. The molecule has 0 radical (unpaired) electrons. The first-order valence-electron chi connectivity index (χ1n) is 6.87. The maximum Gasteiger partial charge on any atom is 0.161 e. The number of ketones is 1. The van der Waals surface area contributed by atoms with Crippen molar-refractivity contribution < 1.29 is 20.1 Å². The molecule has 1 fully saturated rings. The smallest absolute Gasteiger partial charge is 0.161 e. The van der Waals surface area contributed by atoms with Gasteiger partial charge in [-0.25, -0.2) is 0 Å². The standard InChI is InChI=1S/C15H24O4/c1-13(2,18)9-7-11-14(3,8-10(9)16)6-5-12(17)15(11,4)19/h7,11-12,17-19H,5-6,8H2,1-4H3/t11-,12-,14-,15+/m0/s1. The van der Waals surface area contributed by atoms with E-state index in [1.807, 2.05) is 6.92 Å². The van der Waals surface area contributed by atoms with Gasteiger partial charge in [0.25, 0.3) is 0 Å². The topological polar surface area (TPSA) is 77.8 Å². The van der Waals surface area contributed by atoms with Crippen molar-refractivity contribution in [2.24, 2.45) is 11.3 Å². The van der Waals surface area contributed by atoms with E-state index in [-0.39, 0.29) is 17.1 Å². The van der Waals surface area contributed by atoms with E-state index < -0.39 is 17.3 Å². The molecule has 2 aliphatic carbocycles. The number of carbonyl (C=O) groups is 1. The molecular formula is C15H24O4. The van der Waals surface area contributed by atoms with Crippen LogP contribution in [0.2, 0.25) is 0 Å². The lowest BCUT2D eigenvalue weighted by Gasteiger charge is -2.53. The molecule has 0 spiro atoms. The van der Waals surface area contributed by atoms with Crippen molar-refractivity contribution in [3.05, 3.63) is 11.6 Å². The summed E-state index contributed by atoms with van der Waals surface area (Å²) < 4.78 is 0. The first-order valence-corrected chi connectivity index (χ1v) is 6.87. The molecule has 19 heavy (non-hydrogen) atoms. The fourth-order valence-corrected chi connectivity index (χ4v) is 3.66. The summed E-state index contributed by atoms with van der Waals surface area (Å²) in [6.07, 6.45) is 2.41. The van der Waals surface area contributed by atoms with Gasteiger partial charge in [0.1, 0.15) is 0 Å². The fourth-order valence-electron chi connectivity index (χ4n) is 3.66. The molecule has 0 aromatic carbocycles. The Morgan fingerprint density at radius 1 is 1.37 bits per heavy atom. The Morgan fingerprint density at radius 2 is 1.95 bits per heavy atom. The second-order valence-corrected chi connectivity index (χ2v) is 7.15. The number of rotatable bonds is 1. The van der Waals surface area contributed by atoms with Crippen LogP contribution in [-0.4, -0.2) is 38.4 Å². The summed E-state index contributed by atoms with van der Waals surface area (Å²) in [5.74, 6) is -0.374. The Kier molecular flexibility index (Phi) is 3.20. The van der Waals surface area contributed by atoms with Crippen molar-refractivity contribution in [3.8, 4) is 0 Å². The first-order chi connectivity index (χ1) is 8.48. The molecule has 0 unspecified atom stereocenters. The van der Waals surface area contributed by atoms with Crippen molar-refractivity contribution in [3.63, 3.8) is 0 Å². The van der Waals surface area contributed by atoms with Crippen LogP contribution in [0.15, 0.2) is 11.6 Å². The van der Waals surface area contributed by atoms with Crippen LogP contribution in [0.1, 0.15) is 47.0 Å². The molecule has 4 atom stereocenters. The lowest BCUT2D eigenvalue weighted by Crippen LogP contribution is -2.58. The predicted molar refractivity (Wildman–Crippen MR) is 71.5 cm³/mol. The van der Waals surface area contributed by atoms with E-state index in [0.29, 0.717) is 24.8 Å². The normalized spacial score (nSPS) is 43.7. The zero-order valence-corrected chi connectivity index (χ0v) is 12.1. The molecule has 108 valence electrons. The highest BCUT2D eigenvalue weighted by atomic mass is 16.3. The molecule has 0 aromatic heterocycles. The maximum absolute atomic E-state index is 12.2. The minimum atomic E-state index is -1.26. The van der Waals surface area contributed by atoms with Crippen molar-refractivity contribution >= 4 is 5.78 Å². The molecule has 0 aliphatic heterocycles. The summed E-state index contributed by atoms with van der Waals surface area (Å²) in [7, 11) is 0. The summed E-state index contributed by atoms with van der Waals surface area (Å²) in [4.78, 5) is 12.2. The van der Waals surface area contributed by atoms with Gasteiger partial charge in [-0.05, 0) is 39.0 Å². The van der Waals surface area contributed by atoms with Crippen LogP contribution in [0.25, 0.3) is 0 Å². The van der Waals surface area contributed by atoms with Gasteiger partial charge in [-0.2, -0.15) is 0 Å². The molecule has 3 N–H and O–H groups in total. The largest absolute Gasteiger partial charge is 0.390 e. The van der Waals surface area contributed by atoms with E-state index in [2.05, 4.69) is 0 Å². The van der Waals surface area contributed by atoms with E-state index >= 15 is 0 Å². The quantitative estimate of drug-likeness (QED) is 0.667. The van der Waals surface area contributed by atoms with E-state index in [1.165, 1.54) is 0 Å². The van der Waals surface area contributed by atoms with Crippen molar-refractivity contribution in [2.75, 3.05) is 0 Å². The maximum atomic E-state index is 12.2. The number of carbonyl (C=O) groups excluding carboxylic acids is 1. The zero-order valence-electron chi connectivity index (χ0n) is 12.1. The van der Waals surface area contributed by atoms with Crippen LogP contribution < -0.4 is 0 Å². The highest BCUT2D eigenvalue weighted by molar-refractivity contribution is 5.98. The van der Waals surface area contributed by atoms with Gasteiger partial charge in [-0.15, -0.1) is 0 Å².